The Bertz CT molecular complexity index is 419. The molecule has 0 aromatic heterocycles. The lowest BCUT2D eigenvalue weighted by Gasteiger charge is -2.14. The smallest absolute Gasteiger partial charge is 0.303 e. The lowest BCUT2D eigenvalue weighted by atomic mass is 10.0. The van der Waals surface area contributed by atoms with Crippen molar-refractivity contribution >= 4 is 19.6 Å². The van der Waals surface area contributed by atoms with Gasteiger partial charge >= 0.3 is 7.82 Å². The average Bonchev–Trinajstić information content (AvgIpc) is 2.65. The maximum absolute atomic E-state index is 10.8. The van der Waals surface area contributed by atoms with Crippen molar-refractivity contribution in [3.63, 3.8) is 0 Å². The van der Waals surface area contributed by atoms with E-state index in [-0.39, 0.29) is 12.5 Å². The Balaban J connectivity index is 3.35. The molecule has 2 N–H and O–H groups in total. The highest BCUT2D eigenvalue weighted by Crippen LogP contribution is 2.36. The SMILES string of the molecule is C#CCC(COP(=O)(O)O)CSCCCCCCCCCCCCCCCC. The van der Waals surface area contributed by atoms with E-state index in [1.807, 2.05) is 11.8 Å². The second-order valence-electron chi connectivity index (χ2n) is 7.73. The van der Waals surface area contributed by atoms with Gasteiger partial charge in [-0.25, -0.2) is 4.57 Å². The molecule has 1 atom stereocenters. The van der Waals surface area contributed by atoms with Crippen molar-refractivity contribution in [2.45, 2.75) is 103 Å². The molecule has 0 aliphatic heterocycles. The molecule has 0 heterocycles. The predicted molar refractivity (Wildman–Crippen MR) is 123 cm³/mol. The molecule has 0 spiro atoms. The zero-order valence-electron chi connectivity index (χ0n) is 17.9. The number of hydrogen-bond donors (Lipinski definition) is 2. The quantitative estimate of drug-likeness (QED) is 0.116. The van der Waals surface area contributed by atoms with Crippen LogP contribution in [0.2, 0.25) is 0 Å². The first-order chi connectivity index (χ1) is 13.5. The maximum Gasteiger partial charge on any atom is 0.469 e. The maximum atomic E-state index is 10.8. The fourth-order valence-corrected chi connectivity index (χ4v) is 4.71. The molecule has 6 heteroatoms. The van der Waals surface area contributed by atoms with Crippen molar-refractivity contribution < 1.29 is 18.9 Å². The molecule has 166 valence electrons. The van der Waals surface area contributed by atoms with Gasteiger partial charge in [0.2, 0.25) is 0 Å². The fourth-order valence-electron chi connectivity index (χ4n) is 3.18. The molecule has 4 nitrogen and oxygen atoms in total. The molecule has 0 bridgehead atoms. The number of phosphoric acid groups is 1. The Morgan fingerprint density at radius 2 is 1.36 bits per heavy atom. The van der Waals surface area contributed by atoms with Gasteiger partial charge in [0.1, 0.15) is 0 Å². The molecule has 0 aliphatic rings. The van der Waals surface area contributed by atoms with E-state index in [1.54, 1.807) is 0 Å². The normalized spacial score (nSPS) is 12.8. The third-order valence-corrected chi connectivity index (χ3v) is 6.65. The number of hydrogen-bond acceptors (Lipinski definition) is 3. The highest BCUT2D eigenvalue weighted by molar-refractivity contribution is 7.99. The Morgan fingerprint density at radius 3 is 1.79 bits per heavy atom. The van der Waals surface area contributed by atoms with Crippen LogP contribution in [0.4, 0.5) is 0 Å². The summed E-state index contributed by atoms with van der Waals surface area (Å²) in [7, 11) is -4.40. The van der Waals surface area contributed by atoms with Gasteiger partial charge in [0.25, 0.3) is 0 Å². The molecule has 0 radical (unpaired) electrons. The van der Waals surface area contributed by atoms with E-state index in [1.165, 1.54) is 89.9 Å². The van der Waals surface area contributed by atoms with Gasteiger partial charge in [0, 0.05) is 12.3 Å². The van der Waals surface area contributed by atoms with Gasteiger partial charge in [0.05, 0.1) is 6.61 Å². The first-order valence-corrected chi connectivity index (χ1v) is 13.9. The predicted octanol–water partition coefficient (Wildman–Crippen LogP) is 6.95. The van der Waals surface area contributed by atoms with Gasteiger partial charge in [0.15, 0.2) is 0 Å². The van der Waals surface area contributed by atoms with Gasteiger partial charge in [-0.2, -0.15) is 11.8 Å². The first kappa shape index (κ1) is 28.0. The van der Waals surface area contributed by atoms with Gasteiger partial charge in [-0.05, 0) is 17.9 Å². The van der Waals surface area contributed by atoms with Gasteiger partial charge in [-0.1, -0.05) is 90.4 Å². The summed E-state index contributed by atoms with van der Waals surface area (Å²) >= 11 is 1.81. The minimum absolute atomic E-state index is 0.00858. The Hall–Kier alpha value is 0.0200. The van der Waals surface area contributed by atoms with Crippen molar-refractivity contribution in [1.82, 2.24) is 0 Å². The summed E-state index contributed by atoms with van der Waals surface area (Å²) in [5, 5.41) is 0. The van der Waals surface area contributed by atoms with E-state index in [0.29, 0.717) is 6.42 Å². The molecule has 28 heavy (non-hydrogen) atoms. The average molecular weight is 435 g/mol. The van der Waals surface area contributed by atoms with Crippen LogP contribution >= 0.6 is 19.6 Å². The Morgan fingerprint density at radius 1 is 0.893 bits per heavy atom. The second-order valence-corrected chi connectivity index (χ2v) is 10.1. The van der Waals surface area contributed by atoms with Crippen LogP contribution in [0.25, 0.3) is 0 Å². The third kappa shape index (κ3) is 22.3. The molecule has 0 saturated carbocycles. The number of terminal acetylenes is 1. The molecular weight excluding hydrogens is 391 g/mol. The van der Waals surface area contributed by atoms with Crippen molar-refractivity contribution in [3.05, 3.63) is 0 Å². The summed E-state index contributed by atoms with van der Waals surface area (Å²) in [5.74, 6) is 4.44. The van der Waals surface area contributed by atoms with Crippen LogP contribution in [0.3, 0.4) is 0 Å². The minimum Gasteiger partial charge on any atom is -0.303 e. The molecule has 0 saturated heterocycles. The molecule has 0 amide bonds. The van der Waals surface area contributed by atoms with Crippen LogP contribution in [0.5, 0.6) is 0 Å². The van der Waals surface area contributed by atoms with Crippen molar-refractivity contribution in [2.24, 2.45) is 5.92 Å². The number of unbranched alkanes of at least 4 members (excludes halogenated alkanes) is 13. The van der Waals surface area contributed by atoms with E-state index in [0.717, 1.165) is 11.5 Å². The molecule has 0 aliphatic carbocycles. The van der Waals surface area contributed by atoms with Gasteiger partial charge in [-0.15, -0.1) is 12.3 Å². The van der Waals surface area contributed by atoms with Crippen molar-refractivity contribution in [1.29, 1.82) is 0 Å². The standard InChI is InChI=1S/C22H43O4PS/c1-3-5-6-7-8-9-10-11-12-13-14-15-16-17-19-28-21-22(18-4-2)20-26-27(23,24)25/h2,22H,3,5-21H2,1H3,(H2,23,24,25). The monoisotopic (exact) mass is 434 g/mol. The molecule has 1 unspecified atom stereocenters. The summed E-state index contributed by atoms with van der Waals surface area (Å²) in [5.41, 5.74) is 0. The minimum atomic E-state index is -4.40. The van der Waals surface area contributed by atoms with E-state index in [2.05, 4.69) is 17.4 Å². The zero-order valence-corrected chi connectivity index (χ0v) is 19.7. The summed E-state index contributed by atoms with van der Waals surface area (Å²) in [6.45, 7) is 2.30. The summed E-state index contributed by atoms with van der Waals surface area (Å²) in [6.07, 6.45) is 24.9. The molecule has 0 aromatic carbocycles. The highest BCUT2D eigenvalue weighted by Gasteiger charge is 2.17. The van der Waals surface area contributed by atoms with Crippen LogP contribution < -0.4 is 0 Å². The third-order valence-electron chi connectivity index (χ3n) is 4.88. The summed E-state index contributed by atoms with van der Waals surface area (Å²) in [4.78, 5) is 17.6. The number of thioether (sulfide) groups is 1. The number of phosphoric ester groups is 1. The van der Waals surface area contributed by atoms with E-state index < -0.39 is 7.82 Å². The second kappa shape index (κ2) is 20.3. The number of rotatable bonds is 21. The molecule has 0 fully saturated rings. The zero-order chi connectivity index (χ0) is 20.9. The Labute approximate surface area is 178 Å². The summed E-state index contributed by atoms with van der Waals surface area (Å²) in [6, 6.07) is 0. The topological polar surface area (TPSA) is 66.8 Å². The molecule has 0 aromatic rings. The largest absolute Gasteiger partial charge is 0.469 e. The lowest BCUT2D eigenvalue weighted by Crippen LogP contribution is -2.11. The fraction of sp³-hybridized carbons (Fsp3) is 0.909. The lowest BCUT2D eigenvalue weighted by molar-refractivity contribution is 0.175. The van der Waals surface area contributed by atoms with E-state index >= 15 is 0 Å². The highest BCUT2D eigenvalue weighted by atomic mass is 32.2. The van der Waals surface area contributed by atoms with E-state index in [9.17, 15) is 4.57 Å². The van der Waals surface area contributed by atoms with Gasteiger partial charge in [-0.3, -0.25) is 4.52 Å². The van der Waals surface area contributed by atoms with Crippen LogP contribution in [-0.2, 0) is 9.09 Å². The van der Waals surface area contributed by atoms with Crippen molar-refractivity contribution in [2.75, 3.05) is 18.1 Å². The first-order valence-electron chi connectivity index (χ1n) is 11.2. The van der Waals surface area contributed by atoms with Crippen LogP contribution in [0, 0.1) is 18.3 Å². The Kier molecular flexibility index (Phi) is 20.3. The van der Waals surface area contributed by atoms with Crippen molar-refractivity contribution in [3.8, 4) is 12.3 Å². The van der Waals surface area contributed by atoms with E-state index in [4.69, 9.17) is 16.2 Å². The molecular formula is C22H43O4PS. The summed E-state index contributed by atoms with van der Waals surface area (Å²) < 4.78 is 15.4. The van der Waals surface area contributed by atoms with Crippen LogP contribution in [0.15, 0.2) is 0 Å². The van der Waals surface area contributed by atoms with Gasteiger partial charge < -0.3 is 9.79 Å². The molecule has 0 rings (SSSR count). The van der Waals surface area contributed by atoms with Crippen LogP contribution in [-0.4, -0.2) is 27.9 Å². The van der Waals surface area contributed by atoms with Crippen LogP contribution in [0.1, 0.15) is 103 Å².